The Morgan fingerprint density at radius 3 is 2.90 bits per heavy atom. The van der Waals surface area contributed by atoms with Crippen molar-refractivity contribution in [2.75, 3.05) is 31.1 Å². The van der Waals surface area contributed by atoms with Crippen molar-refractivity contribution in [3.63, 3.8) is 0 Å². The van der Waals surface area contributed by atoms with Gasteiger partial charge in [-0.25, -0.2) is 4.98 Å². The van der Waals surface area contributed by atoms with Crippen molar-refractivity contribution in [2.24, 2.45) is 0 Å². The second-order valence-corrected chi connectivity index (χ2v) is 7.47. The Hall–Kier alpha value is -0.650. The molecule has 2 atom stereocenters. The molecule has 0 bridgehead atoms. The summed E-state index contributed by atoms with van der Waals surface area (Å²) in [7, 11) is 0. The van der Waals surface area contributed by atoms with Crippen LogP contribution in [-0.2, 0) is 6.61 Å². The largest absolute Gasteiger partial charge is 0.391 e. The van der Waals surface area contributed by atoms with Gasteiger partial charge in [0.1, 0.15) is 0 Å². The van der Waals surface area contributed by atoms with E-state index in [0.29, 0.717) is 12.0 Å². The maximum atomic E-state index is 9.62. The Kier molecular flexibility index (Phi) is 4.82. The van der Waals surface area contributed by atoms with Crippen LogP contribution in [0.2, 0.25) is 0 Å². The molecule has 3 heterocycles. The van der Waals surface area contributed by atoms with E-state index in [1.165, 1.54) is 32.4 Å². The molecule has 2 saturated heterocycles. The molecule has 118 valence electrons. The van der Waals surface area contributed by atoms with Crippen molar-refractivity contribution >= 4 is 16.5 Å². The Balaban J connectivity index is 1.80. The Labute approximate surface area is 131 Å². The summed E-state index contributed by atoms with van der Waals surface area (Å²) < 4.78 is 0. The van der Waals surface area contributed by atoms with E-state index >= 15 is 0 Å². The molecule has 3 rings (SSSR count). The molecule has 1 aromatic heterocycles. The lowest BCUT2D eigenvalue weighted by molar-refractivity contribution is 0.273. The molecular formula is C16H27N3OS. The fourth-order valence-electron chi connectivity index (χ4n) is 3.56. The van der Waals surface area contributed by atoms with Crippen molar-refractivity contribution in [2.45, 2.75) is 58.1 Å². The average molecular weight is 309 g/mol. The van der Waals surface area contributed by atoms with Gasteiger partial charge in [0.15, 0.2) is 5.13 Å². The van der Waals surface area contributed by atoms with Gasteiger partial charge in [-0.3, -0.25) is 4.90 Å². The van der Waals surface area contributed by atoms with E-state index in [1.54, 1.807) is 11.3 Å². The van der Waals surface area contributed by atoms with E-state index in [1.807, 2.05) is 0 Å². The van der Waals surface area contributed by atoms with Crippen LogP contribution in [0.5, 0.6) is 0 Å². The molecule has 2 aliphatic heterocycles. The summed E-state index contributed by atoms with van der Waals surface area (Å²) in [6.45, 7) is 9.24. The van der Waals surface area contributed by atoms with E-state index in [4.69, 9.17) is 4.98 Å². The molecule has 0 spiro atoms. The summed E-state index contributed by atoms with van der Waals surface area (Å²) >= 11 is 1.70. The van der Waals surface area contributed by atoms with Gasteiger partial charge in [0.05, 0.1) is 17.2 Å². The number of anilines is 1. The Morgan fingerprint density at radius 1 is 1.33 bits per heavy atom. The predicted octanol–water partition coefficient (Wildman–Crippen LogP) is 2.82. The molecule has 4 nitrogen and oxygen atoms in total. The van der Waals surface area contributed by atoms with E-state index < -0.39 is 0 Å². The van der Waals surface area contributed by atoms with Crippen LogP contribution < -0.4 is 4.90 Å². The minimum Gasteiger partial charge on any atom is -0.391 e. The summed E-state index contributed by atoms with van der Waals surface area (Å²) in [5.41, 5.74) is 1.12. The standard InChI is InChI=1S/C16H27N3OS/c1-3-12(2)15-14(11-20)21-16(17-15)19-9-5-8-18-7-4-6-13(18)10-19/h12-13,20H,3-11H2,1-2H3. The highest BCUT2D eigenvalue weighted by Crippen LogP contribution is 2.34. The number of hydrogen-bond donors (Lipinski definition) is 1. The zero-order chi connectivity index (χ0) is 14.8. The van der Waals surface area contributed by atoms with Crippen LogP contribution in [-0.4, -0.2) is 47.2 Å². The molecule has 2 unspecified atom stereocenters. The van der Waals surface area contributed by atoms with Crippen LogP contribution in [0.25, 0.3) is 0 Å². The fourth-order valence-corrected chi connectivity index (χ4v) is 4.63. The van der Waals surface area contributed by atoms with Crippen molar-refractivity contribution in [3.05, 3.63) is 10.6 Å². The van der Waals surface area contributed by atoms with Crippen LogP contribution in [0.15, 0.2) is 0 Å². The predicted molar refractivity (Wildman–Crippen MR) is 88.2 cm³/mol. The number of nitrogens with zero attached hydrogens (tertiary/aromatic N) is 3. The van der Waals surface area contributed by atoms with Gasteiger partial charge >= 0.3 is 0 Å². The highest BCUT2D eigenvalue weighted by molar-refractivity contribution is 7.15. The zero-order valence-corrected chi connectivity index (χ0v) is 14.0. The van der Waals surface area contributed by atoms with Crippen molar-refractivity contribution in [1.29, 1.82) is 0 Å². The lowest BCUT2D eigenvalue weighted by Gasteiger charge is -2.25. The number of rotatable bonds is 4. The zero-order valence-electron chi connectivity index (χ0n) is 13.2. The van der Waals surface area contributed by atoms with Gasteiger partial charge in [-0.1, -0.05) is 25.2 Å². The van der Waals surface area contributed by atoms with Gasteiger partial charge < -0.3 is 10.0 Å². The first-order valence-corrected chi connectivity index (χ1v) is 9.14. The topological polar surface area (TPSA) is 39.6 Å². The Morgan fingerprint density at radius 2 is 2.14 bits per heavy atom. The molecule has 1 N–H and O–H groups in total. The van der Waals surface area contributed by atoms with Crippen LogP contribution >= 0.6 is 11.3 Å². The summed E-state index contributed by atoms with van der Waals surface area (Å²) in [5.74, 6) is 0.437. The van der Waals surface area contributed by atoms with Gasteiger partial charge in [-0.2, -0.15) is 0 Å². The molecule has 21 heavy (non-hydrogen) atoms. The molecule has 5 heteroatoms. The SMILES string of the molecule is CCC(C)c1nc(N2CCCN3CCCC3C2)sc1CO. The number of fused-ring (bicyclic) bond motifs is 1. The smallest absolute Gasteiger partial charge is 0.185 e. The van der Waals surface area contributed by atoms with Crippen molar-refractivity contribution < 1.29 is 5.11 Å². The molecule has 0 aliphatic carbocycles. The van der Waals surface area contributed by atoms with Crippen LogP contribution in [0.1, 0.15) is 56.0 Å². The highest BCUT2D eigenvalue weighted by atomic mass is 32.1. The molecule has 2 aliphatic rings. The van der Waals surface area contributed by atoms with Gasteiger partial charge in [0, 0.05) is 25.7 Å². The molecule has 1 aromatic rings. The fraction of sp³-hybridized carbons (Fsp3) is 0.812. The minimum absolute atomic E-state index is 0.126. The lowest BCUT2D eigenvalue weighted by atomic mass is 10.0. The van der Waals surface area contributed by atoms with Gasteiger partial charge in [-0.15, -0.1) is 0 Å². The third-order valence-electron chi connectivity index (χ3n) is 5.01. The summed E-state index contributed by atoms with van der Waals surface area (Å²) in [5, 5.41) is 10.8. The number of hydrogen-bond acceptors (Lipinski definition) is 5. The van der Waals surface area contributed by atoms with E-state index in [-0.39, 0.29) is 6.61 Å². The first-order valence-electron chi connectivity index (χ1n) is 8.32. The first-order chi connectivity index (χ1) is 10.2. The third kappa shape index (κ3) is 3.10. The van der Waals surface area contributed by atoms with Crippen LogP contribution in [0, 0.1) is 0 Å². The number of aliphatic hydroxyl groups is 1. The number of aromatic nitrogens is 1. The lowest BCUT2D eigenvalue weighted by Crippen LogP contribution is -2.36. The summed E-state index contributed by atoms with van der Waals surface area (Å²) in [6, 6.07) is 0.709. The Bertz CT molecular complexity index is 476. The molecule has 2 fully saturated rings. The van der Waals surface area contributed by atoms with Gasteiger partial charge in [-0.05, 0) is 38.1 Å². The molecule has 0 saturated carbocycles. The third-order valence-corrected chi connectivity index (χ3v) is 6.13. The second kappa shape index (κ2) is 6.63. The summed E-state index contributed by atoms with van der Waals surface area (Å²) in [4.78, 5) is 11.1. The highest BCUT2D eigenvalue weighted by Gasteiger charge is 2.30. The number of aliphatic hydroxyl groups excluding tert-OH is 1. The first kappa shape index (κ1) is 15.3. The van der Waals surface area contributed by atoms with E-state index in [0.717, 1.165) is 35.2 Å². The van der Waals surface area contributed by atoms with E-state index in [2.05, 4.69) is 23.6 Å². The van der Waals surface area contributed by atoms with Crippen molar-refractivity contribution in [1.82, 2.24) is 9.88 Å². The second-order valence-electron chi connectivity index (χ2n) is 6.40. The normalized spacial score (nSPS) is 24.9. The van der Waals surface area contributed by atoms with Crippen molar-refractivity contribution in [3.8, 4) is 0 Å². The molecule has 0 amide bonds. The maximum absolute atomic E-state index is 9.62. The number of thiazole rings is 1. The minimum atomic E-state index is 0.126. The molecule has 0 aromatic carbocycles. The average Bonchev–Trinajstić information content (AvgIpc) is 3.08. The monoisotopic (exact) mass is 309 g/mol. The van der Waals surface area contributed by atoms with Crippen LogP contribution in [0.3, 0.4) is 0 Å². The quantitative estimate of drug-likeness (QED) is 0.928. The molecule has 0 radical (unpaired) electrons. The molecular weight excluding hydrogens is 282 g/mol. The van der Waals surface area contributed by atoms with Crippen LogP contribution in [0.4, 0.5) is 5.13 Å². The van der Waals surface area contributed by atoms with Gasteiger partial charge in [0.25, 0.3) is 0 Å². The maximum Gasteiger partial charge on any atom is 0.185 e. The summed E-state index contributed by atoms with van der Waals surface area (Å²) in [6.07, 6.45) is 4.97. The van der Waals surface area contributed by atoms with Gasteiger partial charge in [0.2, 0.25) is 0 Å². The van der Waals surface area contributed by atoms with E-state index in [9.17, 15) is 5.11 Å².